The summed E-state index contributed by atoms with van der Waals surface area (Å²) in [6.45, 7) is 0. The molecule has 0 bridgehead atoms. The van der Waals surface area contributed by atoms with Crippen molar-refractivity contribution in [2.24, 2.45) is 0 Å². The maximum Gasteiger partial charge on any atom is 0.256 e. The van der Waals surface area contributed by atoms with E-state index in [9.17, 15) is 4.79 Å². The number of carbonyl (C=O) groups excluding carboxylic acids is 1. The van der Waals surface area contributed by atoms with Gasteiger partial charge in [0.2, 0.25) is 0 Å². The minimum atomic E-state index is -0.619. The van der Waals surface area contributed by atoms with Crippen LogP contribution in [0.3, 0.4) is 0 Å². The van der Waals surface area contributed by atoms with Crippen molar-refractivity contribution in [2.75, 3.05) is 14.2 Å². The van der Waals surface area contributed by atoms with Crippen molar-refractivity contribution in [2.45, 2.75) is 0 Å². The van der Waals surface area contributed by atoms with Gasteiger partial charge >= 0.3 is 0 Å². The van der Waals surface area contributed by atoms with E-state index < -0.39 is 5.24 Å². The molecule has 0 saturated carbocycles. The second kappa shape index (κ2) is 4.53. The summed E-state index contributed by atoms with van der Waals surface area (Å²) in [5, 5.41) is -0.382. The molecule has 76 valence electrons. The molecule has 0 aromatic heterocycles. The molecule has 0 unspecified atom stereocenters. The zero-order valence-corrected chi connectivity index (χ0v) is 9.15. The summed E-state index contributed by atoms with van der Waals surface area (Å²) in [7, 11) is 2.88. The molecule has 1 aromatic rings. The van der Waals surface area contributed by atoms with Gasteiger partial charge in [0.05, 0.1) is 19.8 Å². The summed E-state index contributed by atoms with van der Waals surface area (Å²) >= 11 is 11.2. The summed E-state index contributed by atoms with van der Waals surface area (Å²) in [5.74, 6) is 0.663. The number of methoxy groups -OCH3 is 2. The molecule has 0 aliphatic carbocycles. The molecule has 0 fully saturated rings. The molecule has 0 atom stereocenters. The van der Waals surface area contributed by atoms with E-state index in [0.29, 0.717) is 5.75 Å². The fraction of sp³-hybridized carbons (Fsp3) is 0.222. The predicted octanol–water partition coefficient (Wildman–Crippen LogP) is 2.74. The number of carbonyl (C=O) groups is 1. The first-order valence-corrected chi connectivity index (χ1v) is 4.47. The summed E-state index contributed by atoms with van der Waals surface area (Å²) in [4.78, 5) is 11.0. The number of rotatable bonds is 3. The van der Waals surface area contributed by atoms with Crippen LogP contribution in [-0.4, -0.2) is 19.5 Å². The van der Waals surface area contributed by atoms with Crippen LogP contribution in [0.15, 0.2) is 12.1 Å². The number of hydrogen-bond donors (Lipinski definition) is 0. The Bertz CT molecular complexity index is 363. The van der Waals surface area contributed by atoms with Crippen LogP contribution in [0, 0.1) is 0 Å². The molecule has 0 N–H and O–H groups in total. The van der Waals surface area contributed by atoms with Crippen LogP contribution in [0.25, 0.3) is 0 Å². The van der Waals surface area contributed by atoms with Gasteiger partial charge in [-0.05, 0) is 23.7 Å². The van der Waals surface area contributed by atoms with Gasteiger partial charge in [-0.25, -0.2) is 0 Å². The molecule has 3 nitrogen and oxygen atoms in total. The lowest BCUT2D eigenvalue weighted by Gasteiger charge is -2.10. The Morgan fingerprint density at radius 1 is 1.29 bits per heavy atom. The van der Waals surface area contributed by atoms with Crippen molar-refractivity contribution in [3.05, 3.63) is 22.7 Å². The largest absolute Gasteiger partial charge is 0.495 e. The van der Waals surface area contributed by atoms with E-state index in [0.717, 1.165) is 0 Å². The lowest BCUT2D eigenvalue weighted by atomic mass is 10.2. The maximum absolute atomic E-state index is 11.0. The van der Waals surface area contributed by atoms with Crippen LogP contribution in [0.4, 0.5) is 0 Å². The van der Waals surface area contributed by atoms with Crippen molar-refractivity contribution in [3.8, 4) is 11.5 Å². The second-order valence-corrected chi connectivity index (χ2v) is 3.16. The summed E-state index contributed by atoms with van der Waals surface area (Å²) in [6.07, 6.45) is 0. The highest BCUT2D eigenvalue weighted by molar-refractivity contribution is 6.68. The Labute approximate surface area is 91.5 Å². The molecule has 0 heterocycles. The minimum Gasteiger partial charge on any atom is -0.495 e. The first-order chi connectivity index (χ1) is 6.61. The molecular formula is C9H8Cl2O3. The van der Waals surface area contributed by atoms with E-state index in [4.69, 9.17) is 32.7 Å². The molecule has 0 amide bonds. The number of benzene rings is 1. The average Bonchev–Trinajstić information content (AvgIpc) is 2.17. The molecular weight excluding hydrogens is 227 g/mol. The van der Waals surface area contributed by atoms with Crippen LogP contribution in [0.5, 0.6) is 11.5 Å². The van der Waals surface area contributed by atoms with Crippen LogP contribution in [-0.2, 0) is 0 Å². The van der Waals surface area contributed by atoms with Crippen molar-refractivity contribution in [1.82, 2.24) is 0 Å². The van der Waals surface area contributed by atoms with Gasteiger partial charge in [-0.3, -0.25) is 4.79 Å². The molecule has 0 aliphatic heterocycles. The highest BCUT2D eigenvalue weighted by Gasteiger charge is 2.16. The molecule has 0 spiro atoms. The topological polar surface area (TPSA) is 35.5 Å². The fourth-order valence-corrected chi connectivity index (χ4v) is 1.52. The Hall–Kier alpha value is -0.930. The van der Waals surface area contributed by atoms with Crippen LogP contribution < -0.4 is 9.47 Å². The van der Waals surface area contributed by atoms with Crippen molar-refractivity contribution in [1.29, 1.82) is 0 Å². The van der Waals surface area contributed by atoms with E-state index in [1.165, 1.54) is 20.3 Å². The van der Waals surface area contributed by atoms with E-state index >= 15 is 0 Å². The molecule has 1 rings (SSSR count). The van der Waals surface area contributed by atoms with Gasteiger partial charge < -0.3 is 9.47 Å². The van der Waals surface area contributed by atoms with Gasteiger partial charge in [-0.2, -0.15) is 0 Å². The van der Waals surface area contributed by atoms with E-state index in [1.54, 1.807) is 6.07 Å². The second-order valence-electron chi connectivity index (χ2n) is 2.44. The minimum absolute atomic E-state index is 0.222. The van der Waals surface area contributed by atoms with Crippen molar-refractivity contribution in [3.63, 3.8) is 0 Å². The van der Waals surface area contributed by atoms with Gasteiger partial charge in [-0.1, -0.05) is 11.6 Å². The fourth-order valence-electron chi connectivity index (χ4n) is 1.05. The highest BCUT2D eigenvalue weighted by atomic mass is 35.5. The first kappa shape index (κ1) is 11.1. The van der Waals surface area contributed by atoms with E-state index in [1.807, 2.05) is 0 Å². The quantitative estimate of drug-likeness (QED) is 0.755. The van der Waals surface area contributed by atoms with Gasteiger partial charge in [0.1, 0.15) is 10.8 Å². The Morgan fingerprint density at radius 2 is 1.93 bits per heavy atom. The van der Waals surface area contributed by atoms with E-state index in [-0.39, 0.29) is 16.3 Å². The SMILES string of the molecule is COc1ccc(C(=O)Cl)c(OC)c1Cl. The summed E-state index contributed by atoms with van der Waals surface area (Å²) in [6, 6.07) is 3.05. The van der Waals surface area contributed by atoms with Crippen molar-refractivity contribution < 1.29 is 14.3 Å². The van der Waals surface area contributed by atoms with Crippen LogP contribution >= 0.6 is 23.2 Å². The summed E-state index contributed by atoms with van der Waals surface area (Å²) < 4.78 is 9.92. The Balaban J connectivity index is 3.35. The third-order valence-electron chi connectivity index (χ3n) is 1.70. The zero-order valence-electron chi connectivity index (χ0n) is 7.64. The Morgan fingerprint density at radius 3 is 2.36 bits per heavy atom. The van der Waals surface area contributed by atoms with E-state index in [2.05, 4.69) is 0 Å². The van der Waals surface area contributed by atoms with Gasteiger partial charge in [0, 0.05) is 0 Å². The van der Waals surface area contributed by atoms with Crippen molar-refractivity contribution >= 4 is 28.4 Å². The summed E-state index contributed by atoms with van der Waals surface area (Å²) in [5.41, 5.74) is 0.222. The first-order valence-electron chi connectivity index (χ1n) is 3.72. The molecule has 0 saturated heterocycles. The number of ether oxygens (including phenoxy) is 2. The highest BCUT2D eigenvalue weighted by Crippen LogP contribution is 2.37. The van der Waals surface area contributed by atoms with Gasteiger partial charge in [-0.15, -0.1) is 0 Å². The van der Waals surface area contributed by atoms with Gasteiger partial charge in [0.15, 0.2) is 5.75 Å². The van der Waals surface area contributed by atoms with Crippen LogP contribution in [0.2, 0.25) is 5.02 Å². The third-order valence-corrected chi connectivity index (χ3v) is 2.26. The third kappa shape index (κ3) is 1.94. The van der Waals surface area contributed by atoms with Gasteiger partial charge in [0.25, 0.3) is 5.24 Å². The normalized spacial score (nSPS) is 9.71. The van der Waals surface area contributed by atoms with Crippen LogP contribution in [0.1, 0.15) is 10.4 Å². The molecule has 1 aromatic carbocycles. The number of hydrogen-bond acceptors (Lipinski definition) is 3. The predicted molar refractivity (Wildman–Crippen MR) is 54.7 cm³/mol. The molecule has 0 radical (unpaired) electrons. The molecule has 5 heteroatoms. The number of halogens is 2. The smallest absolute Gasteiger partial charge is 0.256 e. The molecule has 14 heavy (non-hydrogen) atoms. The zero-order chi connectivity index (χ0) is 10.7. The standard InChI is InChI=1S/C9H8Cl2O3/c1-13-6-4-3-5(9(11)12)8(14-2)7(6)10/h3-4H,1-2H3. The lowest BCUT2D eigenvalue weighted by Crippen LogP contribution is -1.97. The lowest BCUT2D eigenvalue weighted by molar-refractivity contribution is 0.107. The Kier molecular flexibility index (Phi) is 3.61. The average molecular weight is 235 g/mol. The maximum atomic E-state index is 11.0. The monoisotopic (exact) mass is 234 g/mol. The molecule has 0 aliphatic rings.